The third kappa shape index (κ3) is 5.59. The van der Waals surface area contributed by atoms with Gasteiger partial charge in [0.05, 0.1) is 6.04 Å². The zero-order chi connectivity index (χ0) is 22.2. The minimum absolute atomic E-state index is 0.0248. The molecular weight excluding hydrogens is 400 g/mol. The minimum Gasteiger partial charge on any atom is -0.340 e. The average molecular weight is 429 g/mol. The Morgan fingerprint density at radius 2 is 1.38 bits per heavy atom. The largest absolute Gasteiger partial charge is 0.340 e. The molecule has 32 heavy (non-hydrogen) atoms. The number of aromatic nitrogens is 1. The monoisotopic (exact) mass is 428 g/mol. The van der Waals surface area contributed by atoms with Crippen molar-refractivity contribution in [3.63, 3.8) is 0 Å². The fraction of sp³-hybridized carbons (Fsp3) is 0.269. The van der Waals surface area contributed by atoms with E-state index in [1.807, 2.05) is 23.1 Å². The average Bonchev–Trinajstić information content (AvgIpc) is 2.85. The molecule has 1 saturated heterocycles. The summed E-state index contributed by atoms with van der Waals surface area (Å²) >= 11 is 0. The van der Waals surface area contributed by atoms with Crippen LogP contribution in [-0.2, 0) is 9.59 Å². The van der Waals surface area contributed by atoms with Gasteiger partial charge in [0.25, 0.3) is 0 Å². The number of amides is 2. The molecule has 0 unspecified atom stereocenters. The third-order valence-electron chi connectivity index (χ3n) is 5.76. The number of pyridine rings is 1. The van der Waals surface area contributed by atoms with E-state index in [0.29, 0.717) is 18.9 Å². The summed E-state index contributed by atoms with van der Waals surface area (Å²) in [7, 11) is 0. The summed E-state index contributed by atoms with van der Waals surface area (Å²) in [6, 6.07) is 26.5. The van der Waals surface area contributed by atoms with Crippen molar-refractivity contribution in [1.29, 1.82) is 0 Å². The number of rotatable bonds is 7. The number of nitrogens with one attached hydrogen (secondary N) is 1. The first-order chi connectivity index (χ1) is 15.7. The highest BCUT2D eigenvalue weighted by atomic mass is 16.2. The number of hydrogen-bond donors (Lipinski definition) is 1. The van der Waals surface area contributed by atoms with E-state index in [0.717, 1.165) is 13.1 Å². The van der Waals surface area contributed by atoms with Crippen LogP contribution in [0.25, 0.3) is 0 Å². The Bertz CT molecular complexity index is 964. The van der Waals surface area contributed by atoms with E-state index in [9.17, 15) is 9.59 Å². The van der Waals surface area contributed by atoms with Gasteiger partial charge in [-0.1, -0.05) is 66.7 Å². The smallest absolute Gasteiger partial charge is 0.226 e. The van der Waals surface area contributed by atoms with Gasteiger partial charge in [0.15, 0.2) is 0 Å². The normalized spacial score (nSPS) is 14.3. The van der Waals surface area contributed by atoms with E-state index in [1.54, 1.807) is 18.3 Å². The third-order valence-corrected chi connectivity index (χ3v) is 5.76. The molecule has 0 radical (unpaired) electrons. The highest BCUT2D eigenvalue weighted by Gasteiger charge is 2.28. The lowest BCUT2D eigenvalue weighted by Crippen LogP contribution is -2.50. The molecule has 1 aromatic heterocycles. The quantitative estimate of drug-likeness (QED) is 0.623. The maximum atomic E-state index is 12.7. The lowest BCUT2D eigenvalue weighted by atomic mass is 9.96. The summed E-state index contributed by atoms with van der Waals surface area (Å²) in [5.74, 6) is 0.340. The maximum absolute atomic E-state index is 12.7. The Kier molecular flexibility index (Phi) is 7.25. The lowest BCUT2D eigenvalue weighted by molar-refractivity contribution is -0.134. The van der Waals surface area contributed by atoms with Gasteiger partial charge in [-0.05, 0) is 23.3 Å². The summed E-state index contributed by atoms with van der Waals surface area (Å²) in [5.41, 5.74) is 2.51. The van der Waals surface area contributed by atoms with Gasteiger partial charge in [-0.2, -0.15) is 0 Å². The second-order valence-electron chi connectivity index (χ2n) is 7.90. The van der Waals surface area contributed by atoms with Crippen LogP contribution in [0.5, 0.6) is 0 Å². The van der Waals surface area contributed by atoms with Crippen molar-refractivity contribution < 1.29 is 9.59 Å². The Hall–Kier alpha value is -3.51. The van der Waals surface area contributed by atoms with Crippen LogP contribution in [0, 0.1) is 0 Å². The summed E-state index contributed by atoms with van der Waals surface area (Å²) in [4.78, 5) is 33.2. The highest BCUT2D eigenvalue weighted by molar-refractivity contribution is 5.92. The molecule has 0 atom stereocenters. The summed E-state index contributed by atoms with van der Waals surface area (Å²) < 4.78 is 0. The molecule has 2 heterocycles. The van der Waals surface area contributed by atoms with Crippen LogP contribution in [0.3, 0.4) is 0 Å². The first kappa shape index (κ1) is 21.7. The molecule has 6 nitrogen and oxygen atoms in total. The number of nitrogens with zero attached hydrogens (tertiary/aromatic N) is 3. The molecule has 0 spiro atoms. The van der Waals surface area contributed by atoms with Gasteiger partial charge in [-0.15, -0.1) is 0 Å². The standard InChI is InChI=1S/C26H28N4O2/c31-24(28-23-13-7-8-16-27-23)14-15-25(32)29-17-19-30(20-18-29)26(21-9-3-1-4-10-21)22-11-5-2-6-12-22/h1-13,16,26H,14-15,17-20H2,(H,27,28,31). The zero-order valence-corrected chi connectivity index (χ0v) is 18.1. The van der Waals surface area contributed by atoms with Crippen molar-refractivity contribution in [2.75, 3.05) is 31.5 Å². The number of piperazine rings is 1. The molecular formula is C26H28N4O2. The fourth-order valence-corrected chi connectivity index (χ4v) is 4.13. The first-order valence-electron chi connectivity index (χ1n) is 11.0. The molecule has 0 bridgehead atoms. The Labute approximate surface area is 188 Å². The Morgan fingerprint density at radius 1 is 0.781 bits per heavy atom. The van der Waals surface area contributed by atoms with Crippen molar-refractivity contribution in [3.05, 3.63) is 96.2 Å². The van der Waals surface area contributed by atoms with Crippen molar-refractivity contribution >= 4 is 17.6 Å². The minimum atomic E-state index is -0.191. The van der Waals surface area contributed by atoms with Crippen molar-refractivity contribution in [2.45, 2.75) is 18.9 Å². The molecule has 3 aromatic rings. The van der Waals surface area contributed by atoms with Crippen molar-refractivity contribution in [2.24, 2.45) is 0 Å². The molecule has 1 aliphatic heterocycles. The van der Waals surface area contributed by atoms with Crippen molar-refractivity contribution in [1.82, 2.24) is 14.8 Å². The second-order valence-corrected chi connectivity index (χ2v) is 7.90. The number of carbonyl (C=O) groups is 2. The van der Waals surface area contributed by atoms with Crippen LogP contribution in [0.1, 0.15) is 30.0 Å². The summed E-state index contributed by atoms with van der Waals surface area (Å²) in [5, 5.41) is 2.73. The van der Waals surface area contributed by atoms with E-state index in [4.69, 9.17) is 0 Å². The maximum Gasteiger partial charge on any atom is 0.226 e. The number of benzene rings is 2. The van der Waals surface area contributed by atoms with E-state index >= 15 is 0 Å². The Morgan fingerprint density at radius 3 is 1.94 bits per heavy atom. The zero-order valence-electron chi connectivity index (χ0n) is 18.1. The lowest BCUT2D eigenvalue weighted by Gasteiger charge is -2.39. The number of carbonyl (C=O) groups excluding carboxylic acids is 2. The highest BCUT2D eigenvalue weighted by Crippen LogP contribution is 2.29. The van der Waals surface area contributed by atoms with Gasteiger partial charge < -0.3 is 10.2 Å². The SMILES string of the molecule is O=C(CCC(=O)N1CCN(C(c2ccccc2)c2ccccc2)CC1)Nc1ccccn1. The van der Waals surface area contributed by atoms with Crippen LogP contribution < -0.4 is 5.32 Å². The van der Waals surface area contributed by atoms with Gasteiger partial charge in [0.2, 0.25) is 11.8 Å². The number of hydrogen-bond acceptors (Lipinski definition) is 4. The van der Waals surface area contributed by atoms with Gasteiger partial charge in [0.1, 0.15) is 5.82 Å². The van der Waals surface area contributed by atoms with Gasteiger partial charge >= 0.3 is 0 Å². The topological polar surface area (TPSA) is 65.5 Å². The van der Waals surface area contributed by atoms with Crippen LogP contribution in [0.4, 0.5) is 5.82 Å². The van der Waals surface area contributed by atoms with E-state index in [1.165, 1.54) is 11.1 Å². The van der Waals surface area contributed by atoms with E-state index in [-0.39, 0.29) is 30.7 Å². The second kappa shape index (κ2) is 10.7. The molecule has 2 aromatic carbocycles. The molecule has 6 heteroatoms. The molecule has 2 amide bonds. The van der Waals surface area contributed by atoms with Gasteiger partial charge in [0, 0.05) is 45.2 Å². The Balaban J connectivity index is 1.32. The predicted molar refractivity (Wildman–Crippen MR) is 125 cm³/mol. The van der Waals surface area contributed by atoms with E-state index in [2.05, 4.69) is 63.7 Å². The fourth-order valence-electron chi connectivity index (χ4n) is 4.13. The van der Waals surface area contributed by atoms with Crippen molar-refractivity contribution in [3.8, 4) is 0 Å². The molecule has 0 aliphatic carbocycles. The molecule has 1 N–H and O–H groups in total. The van der Waals surface area contributed by atoms with Gasteiger partial charge in [-0.25, -0.2) is 4.98 Å². The van der Waals surface area contributed by atoms with Crippen LogP contribution >= 0.6 is 0 Å². The summed E-state index contributed by atoms with van der Waals surface area (Å²) in [6.07, 6.45) is 1.99. The number of anilines is 1. The van der Waals surface area contributed by atoms with Gasteiger partial charge in [-0.3, -0.25) is 14.5 Å². The first-order valence-corrected chi connectivity index (χ1v) is 11.0. The molecule has 164 valence electrons. The molecule has 1 fully saturated rings. The van der Waals surface area contributed by atoms with Crippen LogP contribution in [0.2, 0.25) is 0 Å². The van der Waals surface area contributed by atoms with E-state index < -0.39 is 0 Å². The molecule has 1 aliphatic rings. The molecule has 4 rings (SSSR count). The van der Waals surface area contributed by atoms with Crippen LogP contribution in [-0.4, -0.2) is 52.8 Å². The molecule has 0 saturated carbocycles. The van der Waals surface area contributed by atoms with Crippen LogP contribution in [0.15, 0.2) is 85.1 Å². The predicted octanol–water partition coefficient (Wildman–Crippen LogP) is 3.73. The summed E-state index contributed by atoms with van der Waals surface area (Å²) in [6.45, 7) is 2.91.